The van der Waals surface area contributed by atoms with Gasteiger partial charge in [0, 0.05) is 19.6 Å². The summed E-state index contributed by atoms with van der Waals surface area (Å²) in [5.41, 5.74) is 0.259. The van der Waals surface area contributed by atoms with Crippen LogP contribution in [-0.2, 0) is 4.79 Å². The molecule has 0 bridgehead atoms. The molecule has 1 saturated carbocycles. The minimum absolute atomic E-state index is 0.259. The van der Waals surface area contributed by atoms with Gasteiger partial charge in [0.05, 0.1) is 5.54 Å². The number of carbonyl (C=O) groups is 1. The van der Waals surface area contributed by atoms with Crippen molar-refractivity contribution >= 4 is 6.41 Å². The van der Waals surface area contributed by atoms with Crippen molar-refractivity contribution in [3.8, 4) is 0 Å². The van der Waals surface area contributed by atoms with Gasteiger partial charge in [-0.2, -0.15) is 0 Å². The Morgan fingerprint density at radius 1 is 1.36 bits per heavy atom. The van der Waals surface area contributed by atoms with Gasteiger partial charge in [0.15, 0.2) is 0 Å². The first kappa shape index (κ1) is 7.10. The quantitative estimate of drug-likeness (QED) is 0.493. The van der Waals surface area contributed by atoms with Crippen molar-refractivity contribution in [2.75, 3.05) is 26.7 Å². The van der Waals surface area contributed by atoms with Gasteiger partial charge in [0.25, 0.3) is 0 Å². The summed E-state index contributed by atoms with van der Waals surface area (Å²) < 4.78 is 0. The van der Waals surface area contributed by atoms with Crippen molar-refractivity contribution in [3.05, 3.63) is 0 Å². The molecule has 3 heteroatoms. The zero-order valence-corrected chi connectivity index (χ0v) is 6.92. The molecule has 3 nitrogen and oxygen atoms in total. The van der Waals surface area contributed by atoms with Gasteiger partial charge in [-0.1, -0.05) is 0 Å². The SMILES string of the molecule is CN1CCN(C=O)C2(CC2)C1. The number of carbonyl (C=O) groups excluding carboxylic acids is 1. The lowest BCUT2D eigenvalue weighted by molar-refractivity contribution is -0.123. The van der Waals surface area contributed by atoms with Gasteiger partial charge in [0.2, 0.25) is 6.41 Å². The van der Waals surface area contributed by atoms with Crippen LogP contribution in [0.1, 0.15) is 12.8 Å². The lowest BCUT2D eigenvalue weighted by Crippen LogP contribution is -2.52. The summed E-state index contributed by atoms with van der Waals surface area (Å²) in [7, 11) is 2.13. The molecule has 1 amide bonds. The van der Waals surface area contributed by atoms with Crippen LogP contribution in [0, 0.1) is 0 Å². The zero-order chi connectivity index (χ0) is 7.90. The van der Waals surface area contributed by atoms with Crippen LogP contribution in [0.5, 0.6) is 0 Å². The van der Waals surface area contributed by atoms with Crippen LogP contribution >= 0.6 is 0 Å². The molecule has 0 N–H and O–H groups in total. The maximum Gasteiger partial charge on any atom is 0.210 e. The summed E-state index contributed by atoms with van der Waals surface area (Å²) in [5.74, 6) is 0. The van der Waals surface area contributed by atoms with E-state index in [2.05, 4.69) is 11.9 Å². The van der Waals surface area contributed by atoms with E-state index in [0.29, 0.717) is 0 Å². The van der Waals surface area contributed by atoms with E-state index in [1.807, 2.05) is 4.90 Å². The first-order valence-corrected chi connectivity index (χ1v) is 4.17. The fourth-order valence-electron chi connectivity index (χ4n) is 1.94. The van der Waals surface area contributed by atoms with Crippen molar-refractivity contribution in [3.63, 3.8) is 0 Å². The molecule has 62 valence electrons. The molecule has 1 aliphatic heterocycles. The molecule has 0 aromatic carbocycles. The fraction of sp³-hybridized carbons (Fsp3) is 0.875. The maximum absolute atomic E-state index is 10.6. The second-order valence-electron chi connectivity index (χ2n) is 3.76. The van der Waals surface area contributed by atoms with Gasteiger partial charge >= 0.3 is 0 Å². The number of hydrogen-bond acceptors (Lipinski definition) is 2. The monoisotopic (exact) mass is 154 g/mol. The molecule has 0 aromatic heterocycles. The summed E-state index contributed by atoms with van der Waals surface area (Å²) in [4.78, 5) is 14.9. The fourth-order valence-corrected chi connectivity index (χ4v) is 1.94. The smallest absolute Gasteiger partial charge is 0.210 e. The summed E-state index contributed by atoms with van der Waals surface area (Å²) in [6, 6.07) is 0. The molecule has 1 heterocycles. The third kappa shape index (κ3) is 1.03. The first-order valence-electron chi connectivity index (χ1n) is 4.17. The molecule has 1 saturated heterocycles. The van der Waals surface area contributed by atoms with Gasteiger partial charge in [-0.05, 0) is 19.9 Å². The summed E-state index contributed by atoms with van der Waals surface area (Å²) in [5, 5.41) is 0. The Labute approximate surface area is 67.0 Å². The molecule has 0 aromatic rings. The highest BCUT2D eigenvalue weighted by Gasteiger charge is 2.50. The second-order valence-corrected chi connectivity index (χ2v) is 3.76. The highest BCUT2D eigenvalue weighted by atomic mass is 16.1. The molecular weight excluding hydrogens is 140 g/mol. The normalized spacial score (nSPS) is 29.0. The van der Waals surface area contributed by atoms with Gasteiger partial charge in [0.1, 0.15) is 0 Å². The second kappa shape index (κ2) is 2.21. The molecule has 1 spiro atoms. The predicted molar refractivity (Wildman–Crippen MR) is 42.2 cm³/mol. The highest BCUT2D eigenvalue weighted by Crippen LogP contribution is 2.42. The number of likely N-dealkylation sites (N-methyl/N-ethyl adjacent to an activating group) is 1. The average Bonchev–Trinajstić information content (AvgIpc) is 2.70. The van der Waals surface area contributed by atoms with Crippen LogP contribution in [0.3, 0.4) is 0 Å². The molecule has 2 rings (SSSR count). The number of hydrogen-bond donors (Lipinski definition) is 0. The van der Waals surface area contributed by atoms with Crippen molar-refractivity contribution in [1.82, 2.24) is 9.80 Å². The van der Waals surface area contributed by atoms with Crippen molar-refractivity contribution < 1.29 is 4.79 Å². The standard InChI is InChI=1S/C8H14N2O/c1-9-4-5-10(7-11)8(6-9)2-3-8/h7H,2-6H2,1H3. The van der Waals surface area contributed by atoms with Gasteiger partial charge < -0.3 is 9.80 Å². The number of rotatable bonds is 1. The maximum atomic E-state index is 10.6. The van der Waals surface area contributed by atoms with Crippen LogP contribution < -0.4 is 0 Å². The summed E-state index contributed by atoms with van der Waals surface area (Å²) in [6.45, 7) is 3.02. The Balaban J connectivity index is 2.07. The van der Waals surface area contributed by atoms with Crippen molar-refractivity contribution in [2.24, 2.45) is 0 Å². The van der Waals surface area contributed by atoms with E-state index in [1.54, 1.807) is 0 Å². The molecule has 0 radical (unpaired) electrons. The van der Waals surface area contributed by atoms with Crippen molar-refractivity contribution in [1.29, 1.82) is 0 Å². The lowest BCUT2D eigenvalue weighted by atomic mass is 10.1. The zero-order valence-electron chi connectivity index (χ0n) is 6.92. The van der Waals surface area contributed by atoms with Crippen LogP contribution in [0.4, 0.5) is 0 Å². The molecule has 0 atom stereocenters. The van der Waals surface area contributed by atoms with Crippen LogP contribution in [0.25, 0.3) is 0 Å². The number of piperazine rings is 1. The van der Waals surface area contributed by atoms with E-state index in [-0.39, 0.29) is 5.54 Å². The molecule has 0 unspecified atom stereocenters. The summed E-state index contributed by atoms with van der Waals surface area (Å²) >= 11 is 0. The Morgan fingerprint density at radius 3 is 2.64 bits per heavy atom. The predicted octanol–water partition coefficient (Wildman–Crippen LogP) is -0.0772. The van der Waals surface area contributed by atoms with E-state index >= 15 is 0 Å². The minimum atomic E-state index is 0.259. The first-order chi connectivity index (χ1) is 5.27. The van der Waals surface area contributed by atoms with E-state index < -0.39 is 0 Å². The lowest BCUT2D eigenvalue weighted by Gasteiger charge is -2.38. The Morgan fingerprint density at radius 2 is 2.09 bits per heavy atom. The highest BCUT2D eigenvalue weighted by molar-refractivity contribution is 5.51. The topological polar surface area (TPSA) is 23.6 Å². The van der Waals surface area contributed by atoms with E-state index in [4.69, 9.17) is 0 Å². The van der Waals surface area contributed by atoms with Gasteiger partial charge in [-0.3, -0.25) is 4.79 Å². The van der Waals surface area contributed by atoms with Crippen molar-refractivity contribution in [2.45, 2.75) is 18.4 Å². The largest absolute Gasteiger partial charge is 0.337 e. The van der Waals surface area contributed by atoms with E-state index in [1.165, 1.54) is 12.8 Å². The van der Waals surface area contributed by atoms with E-state index in [9.17, 15) is 4.79 Å². The van der Waals surface area contributed by atoms with Gasteiger partial charge in [-0.25, -0.2) is 0 Å². The number of nitrogens with zero attached hydrogens (tertiary/aromatic N) is 2. The minimum Gasteiger partial charge on any atom is -0.337 e. The van der Waals surface area contributed by atoms with E-state index in [0.717, 1.165) is 26.0 Å². The molecular formula is C8H14N2O. The van der Waals surface area contributed by atoms with Crippen LogP contribution in [-0.4, -0.2) is 48.4 Å². The Bertz CT molecular complexity index is 177. The third-order valence-corrected chi connectivity index (χ3v) is 2.85. The molecule has 11 heavy (non-hydrogen) atoms. The van der Waals surface area contributed by atoms with Crippen LogP contribution in [0.2, 0.25) is 0 Å². The molecule has 2 fully saturated rings. The molecule has 1 aliphatic carbocycles. The van der Waals surface area contributed by atoms with Crippen LogP contribution in [0.15, 0.2) is 0 Å². The Kier molecular flexibility index (Phi) is 1.42. The Hall–Kier alpha value is -0.570. The average molecular weight is 154 g/mol. The third-order valence-electron chi connectivity index (χ3n) is 2.85. The summed E-state index contributed by atoms with van der Waals surface area (Å²) in [6.07, 6.45) is 3.42. The molecule has 2 aliphatic rings. The number of amides is 1. The van der Waals surface area contributed by atoms with Gasteiger partial charge in [-0.15, -0.1) is 0 Å².